The van der Waals surface area contributed by atoms with Crippen LogP contribution < -0.4 is 4.90 Å². The molecule has 0 saturated carbocycles. The lowest BCUT2D eigenvalue weighted by Gasteiger charge is -2.26. The van der Waals surface area contributed by atoms with E-state index >= 15 is 0 Å². The molecule has 0 spiro atoms. The molecule has 0 amide bonds. The van der Waals surface area contributed by atoms with Gasteiger partial charge in [0, 0.05) is 22.1 Å². The highest BCUT2D eigenvalue weighted by atomic mass is 16.3. The molecule has 0 aliphatic carbocycles. The summed E-state index contributed by atoms with van der Waals surface area (Å²) in [4.78, 5) is 2.31. The summed E-state index contributed by atoms with van der Waals surface area (Å²) in [6, 6.07) is 49.6. The summed E-state index contributed by atoms with van der Waals surface area (Å²) >= 11 is 0. The minimum absolute atomic E-state index is 0.890. The van der Waals surface area contributed by atoms with E-state index in [1.165, 1.54) is 32.3 Å². The van der Waals surface area contributed by atoms with Crippen LogP contribution in [0, 0.1) is 0 Å². The first-order valence-electron chi connectivity index (χ1n) is 12.9. The quantitative estimate of drug-likeness (QED) is 0.231. The lowest BCUT2D eigenvalue weighted by atomic mass is 9.96. The normalized spacial score (nSPS) is 11.7. The molecule has 0 N–H and O–H groups in total. The molecule has 2 nitrogen and oxygen atoms in total. The van der Waals surface area contributed by atoms with Crippen LogP contribution in [0.4, 0.5) is 17.1 Å². The van der Waals surface area contributed by atoms with Crippen LogP contribution in [-0.4, -0.2) is 0 Å². The molecule has 0 atom stereocenters. The Hall–Kier alpha value is -5.08. The summed E-state index contributed by atoms with van der Waals surface area (Å²) < 4.78 is 6.47. The number of hydrogen-bond acceptors (Lipinski definition) is 2. The summed E-state index contributed by atoms with van der Waals surface area (Å²) in [5.41, 5.74) is 5.00. The van der Waals surface area contributed by atoms with Gasteiger partial charge in [0.2, 0.25) is 0 Å². The third kappa shape index (κ3) is 3.14. The molecule has 0 bridgehead atoms. The first-order valence-corrected chi connectivity index (χ1v) is 12.9. The van der Waals surface area contributed by atoms with E-state index in [2.05, 4.69) is 132 Å². The number of nitrogens with zero attached hydrogens (tertiary/aromatic N) is 1. The molecule has 2 heteroatoms. The van der Waals surface area contributed by atoms with Crippen LogP contribution >= 0.6 is 0 Å². The molecule has 0 saturated heterocycles. The highest BCUT2D eigenvalue weighted by Gasteiger charge is 2.19. The van der Waals surface area contributed by atoms with E-state index in [4.69, 9.17) is 4.42 Å². The Morgan fingerprint density at radius 1 is 0.395 bits per heavy atom. The Morgan fingerprint density at radius 2 is 1.05 bits per heavy atom. The third-order valence-electron chi connectivity index (χ3n) is 7.62. The van der Waals surface area contributed by atoms with Gasteiger partial charge >= 0.3 is 0 Å². The molecule has 0 fully saturated rings. The summed E-state index contributed by atoms with van der Waals surface area (Å²) in [5, 5.41) is 9.80. The van der Waals surface area contributed by atoms with Crippen LogP contribution in [0.15, 0.2) is 144 Å². The van der Waals surface area contributed by atoms with Gasteiger partial charge in [-0.25, -0.2) is 0 Å². The predicted molar refractivity (Wildman–Crippen MR) is 161 cm³/mol. The largest absolute Gasteiger partial charge is 0.454 e. The second-order valence-electron chi connectivity index (χ2n) is 9.78. The first kappa shape index (κ1) is 21.0. The number of hydrogen-bond donors (Lipinski definition) is 0. The van der Waals surface area contributed by atoms with Crippen molar-refractivity contribution in [1.82, 2.24) is 0 Å². The summed E-state index contributed by atoms with van der Waals surface area (Å²) in [6.45, 7) is 0. The van der Waals surface area contributed by atoms with Crippen molar-refractivity contribution in [2.24, 2.45) is 0 Å². The van der Waals surface area contributed by atoms with E-state index in [0.29, 0.717) is 0 Å². The second kappa shape index (κ2) is 8.22. The molecule has 0 radical (unpaired) electrons. The fourth-order valence-electron chi connectivity index (χ4n) is 5.86. The lowest BCUT2D eigenvalue weighted by molar-refractivity contribution is 0.669. The van der Waals surface area contributed by atoms with Crippen LogP contribution in [0.1, 0.15) is 0 Å². The Kier molecular flexibility index (Phi) is 4.55. The van der Waals surface area contributed by atoms with Gasteiger partial charge in [-0.1, -0.05) is 103 Å². The van der Waals surface area contributed by atoms with E-state index in [9.17, 15) is 0 Å². The third-order valence-corrected chi connectivity index (χ3v) is 7.62. The zero-order valence-corrected chi connectivity index (χ0v) is 20.6. The SMILES string of the molecule is c1ccc(N(c2ccc3ccc4c5ccccc5ccc4c3c2)c2cccc3c2oc2ccccc23)cc1. The number of benzene rings is 7. The summed E-state index contributed by atoms with van der Waals surface area (Å²) in [7, 11) is 0. The molecule has 38 heavy (non-hydrogen) atoms. The van der Waals surface area contributed by atoms with Gasteiger partial charge in [-0.15, -0.1) is 0 Å². The van der Waals surface area contributed by atoms with Crippen molar-refractivity contribution in [3.63, 3.8) is 0 Å². The van der Waals surface area contributed by atoms with Crippen molar-refractivity contribution in [3.8, 4) is 0 Å². The zero-order valence-electron chi connectivity index (χ0n) is 20.6. The van der Waals surface area contributed by atoms with Gasteiger partial charge in [0.25, 0.3) is 0 Å². The molecular weight excluding hydrogens is 462 g/mol. The predicted octanol–water partition coefficient (Wildman–Crippen LogP) is 10.5. The molecule has 7 aromatic carbocycles. The fraction of sp³-hybridized carbons (Fsp3) is 0. The van der Waals surface area contributed by atoms with E-state index in [1.807, 2.05) is 12.1 Å². The maximum atomic E-state index is 6.47. The highest BCUT2D eigenvalue weighted by Crippen LogP contribution is 2.43. The molecule has 1 heterocycles. The molecular formula is C36H23NO. The van der Waals surface area contributed by atoms with Crippen LogP contribution in [0.2, 0.25) is 0 Å². The number of furan rings is 1. The van der Waals surface area contributed by atoms with Crippen LogP contribution in [-0.2, 0) is 0 Å². The van der Waals surface area contributed by atoms with Gasteiger partial charge in [-0.3, -0.25) is 0 Å². The van der Waals surface area contributed by atoms with Gasteiger partial charge in [0.1, 0.15) is 5.58 Å². The smallest absolute Gasteiger partial charge is 0.159 e. The molecule has 1 aromatic heterocycles. The molecule has 8 aromatic rings. The minimum Gasteiger partial charge on any atom is -0.454 e. The van der Waals surface area contributed by atoms with Crippen molar-refractivity contribution in [1.29, 1.82) is 0 Å². The number of para-hydroxylation sites is 3. The first-order chi connectivity index (χ1) is 18.8. The zero-order chi connectivity index (χ0) is 25.1. The van der Waals surface area contributed by atoms with E-state index in [0.717, 1.165) is 39.0 Å². The number of fused-ring (bicyclic) bond motifs is 8. The van der Waals surface area contributed by atoms with Gasteiger partial charge in [0.05, 0.1) is 5.69 Å². The van der Waals surface area contributed by atoms with Crippen molar-refractivity contribution in [2.45, 2.75) is 0 Å². The van der Waals surface area contributed by atoms with E-state index < -0.39 is 0 Å². The fourth-order valence-corrected chi connectivity index (χ4v) is 5.86. The standard InChI is InChI=1S/C36H23NO/c1-2-10-26(11-3-1)37(34-15-8-14-32-31-13-6-7-16-35(31)38-36(32)34)27-20-17-25-19-21-29-28-12-5-4-9-24(28)18-22-30(29)33(25)23-27/h1-23H. The maximum Gasteiger partial charge on any atom is 0.159 e. The summed E-state index contributed by atoms with van der Waals surface area (Å²) in [5.74, 6) is 0. The van der Waals surface area contributed by atoms with Gasteiger partial charge < -0.3 is 9.32 Å². The topological polar surface area (TPSA) is 16.4 Å². The lowest BCUT2D eigenvalue weighted by Crippen LogP contribution is -2.10. The number of rotatable bonds is 3. The van der Waals surface area contributed by atoms with Gasteiger partial charge in [-0.2, -0.15) is 0 Å². The number of anilines is 3. The Morgan fingerprint density at radius 3 is 1.92 bits per heavy atom. The Balaban J connectivity index is 1.42. The Bertz CT molecular complexity index is 2140. The van der Waals surface area contributed by atoms with Crippen molar-refractivity contribution >= 4 is 71.3 Å². The van der Waals surface area contributed by atoms with Gasteiger partial charge in [0.15, 0.2) is 5.58 Å². The van der Waals surface area contributed by atoms with Crippen molar-refractivity contribution in [3.05, 3.63) is 140 Å². The van der Waals surface area contributed by atoms with Gasteiger partial charge in [-0.05, 0) is 68.7 Å². The minimum atomic E-state index is 0.890. The van der Waals surface area contributed by atoms with E-state index in [1.54, 1.807) is 0 Å². The summed E-state index contributed by atoms with van der Waals surface area (Å²) in [6.07, 6.45) is 0. The van der Waals surface area contributed by atoms with Crippen LogP contribution in [0.3, 0.4) is 0 Å². The van der Waals surface area contributed by atoms with Crippen LogP contribution in [0.5, 0.6) is 0 Å². The van der Waals surface area contributed by atoms with Crippen molar-refractivity contribution < 1.29 is 4.42 Å². The average molecular weight is 486 g/mol. The highest BCUT2D eigenvalue weighted by molar-refractivity contribution is 6.18. The molecule has 0 aliphatic rings. The van der Waals surface area contributed by atoms with Crippen LogP contribution in [0.25, 0.3) is 54.3 Å². The monoisotopic (exact) mass is 485 g/mol. The van der Waals surface area contributed by atoms with E-state index in [-0.39, 0.29) is 0 Å². The second-order valence-corrected chi connectivity index (χ2v) is 9.78. The molecule has 0 unspecified atom stereocenters. The average Bonchev–Trinajstić information content (AvgIpc) is 3.37. The molecule has 8 rings (SSSR count). The molecule has 0 aliphatic heterocycles. The molecule has 178 valence electrons. The van der Waals surface area contributed by atoms with Crippen molar-refractivity contribution in [2.75, 3.05) is 4.90 Å². The maximum absolute atomic E-state index is 6.47. The Labute approximate surface area is 220 Å².